The number of ether oxygens (including phenoxy) is 1. The molecule has 0 aromatic carbocycles. The Bertz CT molecular complexity index is 793. The maximum atomic E-state index is 12.6. The van der Waals surface area contributed by atoms with Gasteiger partial charge in [0.05, 0.1) is 30.3 Å². The van der Waals surface area contributed by atoms with Crippen LogP contribution in [0, 0.1) is 5.92 Å². The smallest absolute Gasteiger partial charge is 0.255 e. The summed E-state index contributed by atoms with van der Waals surface area (Å²) in [5.41, 5.74) is 6.78. The number of anilines is 4. The number of nitrogens with two attached hydrogens (primary N) is 1. The van der Waals surface area contributed by atoms with E-state index in [1.54, 1.807) is 13.3 Å². The van der Waals surface area contributed by atoms with E-state index >= 15 is 0 Å². The van der Waals surface area contributed by atoms with E-state index in [4.69, 9.17) is 10.5 Å². The number of nitrogens with one attached hydrogen (secondary N) is 4. The summed E-state index contributed by atoms with van der Waals surface area (Å²) in [6, 6.07) is 1.81. The number of nitrogen functional groups attached to an aromatic ring is 1. The van der Waals surface area contributed by atoms with Crippen LogP contribution in [0.4, 0.5) is 23.1 Å². The molecule has 0 radical (unpaired) electrons. The molecule has 1 aliphatic rings. The van der Waals surface area contributed by atoms with Crippen molar-refractivity contribution in [1.29, 1.82) is 0 Å². The Morgan fingerprint density at radius 1 is 1.21 bits per heavy atom. The minimum atomic E-state index is -0.193. The van der Waals surface area contributed by atoms with Gasteiger partial charge in [0.2, 0.25) is 0 Å². The first kappa shape index (κ1) is 20.7. The fraction of sp³-hybridized carbons (Fsp3) is 0.474. The molecule has 2 aromatic heterocycles. The first-order chi connectivity index (χ1) is 14.2. The predicted molar refractivity (Wildman–Crippen MR) is 112 cm³/mol. The van der Waals surface area contributed by atoms with Gasteiger partial charge in [-0.3, -0.25) is 4.79 Å². The Morgan fingerprint density at radius 2 is 2.00 bits per heavy atom. The molecule has 10 heteroatoms. The lowest BCUT2D eigenvalue weighted by Crippen LogP contribution is -2.32. The van der Waals surface area contributed by atoms with Crippen LogP contribution in [0.5, 0.6) is 0 Å². The molecule has 0 saturated carbocycles. The number of carbonyl (C=O) groups excluding carboxylic acids is 1. The van der Waals surface area contributed by atoms with Crippen LogP contribution in [0.1, 0.15) is 23.2 Å². The summed E-state index contributed by atoms with van der Waals surface area (Å²) in [4.78, 5) is 25.1. The highest BCUT2D eigenvalue weighted by Crippen LogP contribution is 2.22. The molecule has 3 rings (SSSR count). The zero-order valence-corrected chi connectivity index (χ0v) is 16.6. The van der Waals surface area contributed by atoms with Crippen molar-refractivity contribution in [1.82, 2.24) is 25.6 Å². The van der Waals surface area contributed by atoms with Crippen LogP contribution >= 0.6 is 0 Å². The van der Waals surface area contributed by atoms with Crippen molar-refractivity contribution in [3.05, 3.63) is 30.2 Å². The number of hydrogen-bond donors (Lipinski definition) is 5. The maximum absolute atomic E-state index is 12.6. The Balaban J connectivity index is 1.74. The average molecular weight is 400 g/mol. The van der Waals surface area contributed by atoms with Crippen molar-refractivity contribution < 1.29 is 9.53 Å². The molecule has 6 N–H and O–H groups in total. The van der Waals surface area contributed by atoms with E-state index in [1.165, 1.54) is 12.4 Å². The zero-order valence-electron chi connectivity index (χ0n) is 16.6. The van der Waals surface area contributed by atoms with Gasteiger partial charge in [0.25, 0.3) is 5.91 Å². The molecule has 156 valence electrons. The molecule has 3 heterocycles. The first-order valence-electron chi connectivity index (χ1n) is 9.72. The van der Waals surface area contributed by atoms with Gasteiger partial charge in [-0.05, 0) is 31.8 Å². The number of hydrogen-bond acceptors (Lipinski definition) is 9. The monoisotopic (exact) mass is 400 g/mol. The molecular formula is C19H28N8O2. The second-order valence-electron chi connectivity index (χ2n) is 6.89. The Hall–Kier alpha value is -2.98. The van der Waals surface area contributed by atoms with Gasteiger partial charge >= 0.3 is 0 Å². The number of carbonyl (C=O) groups is 1. The molecule has 0 spiro atoms. The van der Waals surface area contributed by atoms with Gasteiger partial charge in [-0.15, -0.1) is 0 Å². The van der Waals surface area contributed by atoms with Crippen molar-refractivity contribution in [2.75, 3.05) is 56.3 Å². The van der Waals surface area contributed by atoms with Gasteiger partial charge in [-0.25, -0.2) is 15.0 Å². The second-order valence-corrected chi connectivity index (χ2v) is 6.89. The number of methoxy groups -OCH3 is 1. The van der Waals surface area contributed by atoms with Gasteiger partial charge in [0.15, 0.2) is 0 Å². The van der Waals surface area contributed by atoms with Gasteiger partial charge in [0, 0.05) is 32.5 Å². The number of rotatable bonds is 9. The Labute approximate surface area is 170 Å². The molecule has 1 amide bonds. The average Bonchev–Trinajstić information content (AvgIpc) is 2.75. The predicted octanol–water partition coefficient (Wildman–Crippen LogP) is 0.985. The third-order valence-corrected chi connectivity index (χ3v) is 4.71. The Kier molecular flexibility index (Phi) is 7.54. The summed E-state index contributed by atoms with van der Waals surface area (Å²) in [7, 11) is 1.60. The van der Waals surface area contributed by atoms with Crippen molar-refractivity contribution in [2.24, 2.45) is 5.92 Å². The minimum absolute atomic E-state index is 0.193. The van der Waals surface area contributed by atoms with Crippen LogP contribution in [0.2, 0.25) is 0 Å². The fourth-order valence-electron chi connectivity index (χ4n) is 3.09. The molecule has 0 bridgehead atoms. The molecule has 0 atom stereocenters. The number of aromatic nitrogens is 3. The van der Waals surface area contributed by atoms with Gasteiger partial charge in [0.1, 0.15) is 17.5 Å². The third-order valence-electron chi connectivity index (χ3n) is 4.71. The highest BCUT2D eigenvalue weighted by Gasteiger charge is 2.17. The Morgan fingerprint density at radius 3 is 2.72 bits per heavy atom. The molecule has 1 aliphatic heterocycles. The third kappa shape index (κ3) is 6.26. The normalized spacial score (nSPS) is 14.4. The lowest BCUT2D eigenvalue weighted by Gasteiger charge is -2.24. The summed E-state index contributed by atoms with van der Waals surface area (Å²) < 4.78 is 5.00. The van der Waals surface area contributed by atoms with E-state index in [9.17, 15) is 4.79 Å². The van der Waals surface area contributed by atoms with Crippen molar-refractivity contribution in [3.63, 3.8) is 0 Å². The van der Waals surface area contributed by atoms with Crippen molar-refractivity contribution in [3.8, 4) is 0 Å². The number of pyridine rings is 1. The van der Waals surface area contributed by atoms with E-state index in [0.717, 1.165) is 38.2 Å². The molecule has 10 nitrogen and oxygen atoms in total. The lowest BCUT2D eigenvalue weighted by molar-refractivity contribution is 0.0937. The SMILES string of the molecule is COCCNC(=O)c1cnc(Nc2cnc(N)cn2)cc1NCC1CCNCC1. The molecule has 0 aliphatic carbocycles. The standard InChI is InChI=1S/C19H28N8O2/c1-29-7-6-22-19(28)14-10-25-17(27-18-12-24-16(20)11-26-18)8-15(14)23-9-13-2-4-21-5-3-13/h8,10-13,21H,2-7,9H2,1H3,(H2,20,24)(H,22,28)(H2,23,25,26,27). The fourth-order valence-corrected chi connectivity index (χ4v) is 3.09. The van der Waals surface area contributed by atoms with Crippen LogP contribution in [0.25, 0.3) is 0 Å². The highest BCUT2D eigenvalue weighted by molar-refractivity contribution is 5.99. The summed E-state index contributed by atoms with van der Waals surface area (Å²) in [6.07, 6.45) is 6.78. The summed E-state index contributed by atoms with van der Waals surface area (Å²) >= 11 is 0. The summed E-state index contributed by atoms with van der Waals surface area (Å²) in [6.45, 7) is 3.73. The van der Waals surface area contributed by atoms with Crippen LogP contribution in [0.3, 0.4) is 0 Å². The minimum Gasteiger partial charge on any atom is -0.384 e. The van der Waals surface area contributed by atoms with E-state index < -0.39 is 0 Å². The van der Waals surface area contributed by atoms with Gasteiger partial charge in [-0.2, -0.15) is 0 Å². The van der Waals surface area contributed by atoms with Crippen molar-refractivity contribution >= 4 is 29.0 Å². The largest absolute Gasteiger partial charge is 0.384 e. The van der Waals surface area contributed by atoms with E-state index in [2.05, 4.69) is 36.2 Å². The molecule has 0 unspecified atom stereocenters. The maximum Gasteiger partial charge on any atom is 0.255 e. The van der Waals surface area contributed by atoms with Crippen LogP contribution in [-0.4, -0.2) is 60.8 Å². The van der Waals surface area contributed by atoms with Gasteiger partial charge < -0.3 is 31.7 Å². The number of nitrogens with zero attached hydrogens (tertiary/aromatic N) is 3. The lowest BCUT2D eigenvalue weighted by atomic mass is 9.98. The molecule has 1 fully saturated rings. The van der Waals surface area contributed by atoms with E-state index in [-0.39, 0.29) is 5.91 Å². The summed E-state index contributed by atoms with van der Waals surface area (Å²) in [5.74, 6) is 1.80. The number of amides is 1. The topological polar surface area (TPSA) is 139 Å². The van der Waals surface area contributed by atoms with Crippen molar-refractivity contribution in [2.45, 2.75) is 12.8 Å². The highest BCUT2D eigenvalue weighted by atomic mass is 16.5. The van der Waals surface area contributed by atoms with E-state index in [0.29, 0.717) is 42.1 Å². The summed E-state index contributed by atoms with van der Waals surface area (Å²) in [5, 5.41) is 12.7. The zero-order chi connectivity index (χ0) is 20.5. The molecule has 2 aromatic rings. The molecule has 1 saturated heterocycles. The molecular weight excluding hydrogens is 372 g/mol. The second kappa shape index (κ2) is 10.5. The van der Waals surface area contributed by atoms with Crippen LogP contribution in [0.15, 0.2) is 24.7 Å². The van der Waals surface area contributed by atoms with Gasteiger partial charge in [-0.1, -0.05) is 0 Å². The van der Waals surface area contributed by atoms with Crippen LogP contribution in [-0.2, 0) is 4.74 Å². The first-order valence-corrected chi connectivity index (χ1v) is 9.72. The quantitative estimate of drug-likeness (QED) is 0.390. The molecule has 29 heavy (non-hydrogen) atoms. The van der Waals surface area contributed by atoms with E-state index in [1.807, 2.05) is 6.07 Å². The number of piperidine rings is 1. The van der Waals surface area contributed by atoms with Crippen LogP contribution < -0.4 is 27.0 Å².